The first kappa shape index (κ1) is 22.4. The van der Waals surface area contributed by atoms with Crippen LogP contribution in [0.2, 0.25) is 0 Å². The normalized spacial score (nSPS) is 12.6. The van der Waals surface area contributed by atoms with Crippen molar-refractivity contribution in [3.05, 3.63) is 66.4 Å². The zero-order valence-corrected chi connectivity index (χ0v) is 20.7. The fraction of sp³-hybridized carbons (Fsp3) is 0.185. The lowest BCUT2D eigenvalue weighted by Crippen LogP contribution is -2.20. The molecule has 0 spiro atoms. The average Bonchev–Trinajstić information content (AvgIpc) is 3.62. The maximum Gasteiger partial charge on any atom is 0.159 e. The predicted octanol–water partition coefficient (Wildman–Crippen LogP) is 6.07. The molecule has 0 bridgehead atoms. The van der Waals surface area contributed by atoms with Gasteiger partial charge in [-0.05, 0) is 53.6 Å². The number of aromatic nitrogens is 6. The van der Waals surface area contributed by atoms with E-state index in [1.807, 2.05) is 41.9 Å². The van der Waals surface area contributed by atoms with Gasteiger partial charge < -0.3 is 15.4 Å². The van der Waals surface area contributed by atoms with Crippen LogP contribution in [-0.2, 0) is 0 Å². The Balaban J connectivity index is 1.37. The number of hydrogen-bond acceptors (Lipinski definition) is 7. The molecule has 0 saturated heterocycles. The highest BCUT2D eigenvalue weighted by Gasteiger charge is 2.17. The van der Waals surface area contributed by atoms with Crippen molar-refractivity contribution in [2.45, 2.75) is 26.5 Å². The van der Waals surface area contributed by atoms with Gasteiger partial charge in [0.15, 0.2) is 5.82 Å². The van der Waals surface area contributed by atoms with Gasteiger partial charge >= 0.3 is 0 Å². The van der Waals surface area contributed by atoms with Crippen LogP contribution in [0.25, 0.3) is 55.2 Å². The van der Waals surface area contributed by atoms with E-state index in [0.717, 1.165) is 55.0 Å². The van der Waals surface area contributed by atoms with E-state index in [9.17, 15) is 5.11 Å². The molecule has 4 N–H and O–H groups in total. The third-order valence-electron chi connectivity index (χ3n) is 6.04. The van der Waals surface area contributed by atoms with Crippen molar-refractivity contribution < 1.29 is 5.11 Å². The van der Waals surface area contributed by atoms with E-state index in [0.29, 0.717) is 18.2 Å². The molecule has 0 amide bonds. The van der Waals surface area contributed by atoms with Crippen LogP contribution in [0.1, 0.15) is 20.3 Å². The molecule has 0 aliphatic heterocycles. The fourth-order valence-electron chi connectivity index (χ4n) is 4.39. The molecule has 1 atom stereocenters. The number of imidazole rings is 1. The summed E-state index contributed by atoms with van der Waals surface area (Å²) < 4.78 is 0. The number of aliphatic hydroxyl groups excluding tert-OH is 1. The monoisotopic (exact) mass is 495 g/mol. The van der Waals surface area contributed by atoms with E-state index in [4.69, 9.17) is 4.98 Å². The second kappa shape index (κ2) is 9.18. The first-order valence-corrected chi connectivity index (χ1v) is 12.7. The van der Waals surface area contributed by atoms with Gasteiger partial charge in [-0.2, -0.15) is 5.10 Å². The Morgan fingerprint density at radius 3 is 2.78 bits per heavy atom. The van der Waals surface area contributed by atoms with Gasteiger partial charge in [0.25, 0.3) is 0 Å². The van der Waals surface area contributed by atoms with Crippen LogP contribution < -0.4 is 5.32 Å². The van der Waals surface area contributed by atoms with Gasteiger partial charge in [-0.15, -0.1) is 11.3 Å². The summed E-state index contributed by atoms with van der Waals surface area (Å²) in [5, 5.41) is 24.1. The van der Waals surface area contributed by atoms with Crippen molar-refractivity contribution in [2.75, 3.05) is 5.32 Å². The third kappa shape index (κ3) is 4.23. The van der Waals surface area contributed by atoms with Gasteiger partial charge in [-0.3, -0.25) is 15.1 Å². The maximum absolute atomic E-state index is 10.3. The van der Waals surface area contributed by atoms with E-state index in [2.05, 4.69) is 56.4 Å². The predicted molar refractivity (Wildman–Crippen MR) is 145 cm³/mol. The molecule has 6 aromatic rings. The lowest BCUT2D eigenvalue weighted by molar-refractivity contribution is 0.176. The van der Waals surface area contributed by atoms with Crippen LogP contribution in [0, 0.1) is 5.92 Å². The zero-order chi connectivity index (χ0) is 24.6. The fourth-order valence-corrected chi connectivity index (χ4v) is 5.11. The second-order valence-electron chi connectivity index (χ2n) is 9.20. The van der Waals surface area contributed by atoms with Crippen molar-refractivity contribution in [3.8, 4) is 33.2 Å². The van der Waals surface area contributed by atoms with Crippen molar-refractivity contribution in [1.29, 1.82) is 0 Å². The molecule has 36 heavy (non-hydrogen) atoms. The van der Waals surface area contributed by atoms with Gasteiger partial charge in [0.05, 0.1) is 27.8 Å². The molecule has 0 aliphatic carbocycles. The molecule has 180 valence electrons. The van der Waals surface area contributed by atoms with Gasteiger partial charge in [0.2, 0.25) is 0 Å². The first-order chi connectivity index (χ1) is 17.5. The standard InChI is InChI=1S/C27H25N7OS/c1-15(2)10-23(35)30-18-11-17(13-28-14-18)16-5-6-20-19(12-16)24(34-33-20)27-31-21-7-8-29-26(25(21)32-27)22-4-3-9-36-22/h3-9,11-15,23,30,35H,10H2,1-2H3,(H,31,32)(H,33,34). The molecule has 6 rings (SSSR count). The second-order valence-corrected chi connectivity index (χ2v) is 10.2. The Hall–Kier alpha value is -4.08. The Bertz CT molecular complexity index is 1650. The summed E-state index contributed by atoms with van der Waals surface area (Å²) in [5.74, 6) is 1.07. The molecule has 0 radical (unpaired) electrons. The van der Waals surface area contributed by atoms with Crippen molar-refractivity contribution in [2.24, 2.45) is 5.92 Å². The molecule has 0 fully saturated rings. The quantitative estimate of drug-likeness (QED) is 0.200. The number of rotatable bonds is 7. The Morgan fingerprint density at radius 2 is 1.94 bits per heavy atom. The topological polar surface area (TPSA) is 115 Å². The van der Waals surface area contributed by atoms with Crippen LogP contribution in [0.4, 0.5) is 5.69 Å². The van der Waals surface area contributed by atoms with E-state index < -0.39 is 6.23 Å². The zero-order valence-electron chi connectivity index (χ0n) is 19.9. The summed E-state index contributed by atoms with van der Waals surface area (Å²) >= 11 is 1.64. The smallest absolute Gasteiger partial charge is 0.159 e. The highest BCUT2D eigenvalue weighted by molar-refractivity contribution is 7.13. The van der Waals surface area contributed by atoms with Crippen LogP contribution >= 0.6 is 11.3 Å². The number of hydrogen-bond donors (Lipinski definition) is 4. The minimum atomic E-state index is -0.619. The number of aliphatic hydroxyl groups is 1. The molecular weight excluding hydrogens is 470 g/mol. The maximum atomic E-state index is 10.3. The number of nitrogens with zero attached hydrogens (tertiary/aromatic N) is 4. The van der Waals surface area contributed by atoms with Gasteiger partial charge in [-0.25, -0.2) is 4.98 Å². The van der Waals surface area contributed by atoms with Gasteiger partial charge in [0.1, 0.15) is 23.1 Å². The summed E-state index contributed by atoms with van der Waals surface area (Å²) in [6.07, 6.45) is 5.39. The molecule has 0 saturated carbocycles. The first-order valence-electron chi connectivity index (χ1n) is 11.8. The SMILES string of the molecule is CC(C)CC(O)Nc1cncc(-c2ccc3[nH]nc(-c4nc5c(-c6cccs6)nccc5[nH]4)c3c2)c1. The number of aromatic amines is 2. The average molecular weight is 496 g/mol. The number of thiophene rings is 1. The van der Waals surface area contributed by atoms with E-state index >= 15 is 0 Å². The highest BCUT2D eigenvalue weighted by atomic mass is 32.1. The largest absolute Gasteiger partial charge is 0.374 e. The van der Waals surface area contributed by atoms with E-state index in [-0.39, 0.29) is 0 Å². The number of anilines is 1. The van der Waals surface area contributed by atoms with Crippen LogP contribution in [0.15, 0.2) is 66.4 Å². The summed E-state index contributed by atoms with van der Waals surface area (Å²) in [6, 6.07) is 14.1. The summed E-state index contributed by atoms with van der Waals surface area (Å²) in [4.78, 5) is 18.3. The molecule has 5 aromatic heterocycles. The number of nitrogens with one attached hydrogen (secondary N) is 3. The Labute approximate surface area is 211 Å². The van der Waals surface area contributed by atoms with E-state index in [1.165, 1.54) is 0 Å². The van der Waals surface area contributed by atoms with Crippen molar-refractivity contribution >= 4 is 39.0 Å². The molecule has 1 unspecified atom stereocenters. The summed E-state index contributed by atoms with van der Waals surface area (Å²) in [7, 11) is 0. The summed E-state index contributed by atoms with van der Waals surface area (Å²) in [6.45, 7) is 4.16. The van der Waals surface area contributed by atoms with Crippen molar-refractivity contribution in [3.63, 3.8) is 0 Å². The summed E-state index contributed by atoms with van der Waals surface area (Å²) in [5.41, 5.74) is 6.98. The minimum absolute atomic E-state index is 0.390. The molecule has 8 nitrogen and oxygen atoms in total. The molecule has 5 heterocycles. The van der Waals surface area contributed by atoms with Crippen LogP contribution in [0.3, 0.4) is 0 Å². The molecule has 1 aromatic carbocycles. The lowest BCUT2D eigenvalue weighted by atomic mass is 10.0. The number of H-pyrrole nitrogens is 2. The number of benzene rings is 1. The van der Waals surface area contributed by atoms with Crippen LogP contribution in [-0.4, -0.2) is 41.5 Å². The number of fused-ring (bicyclic) bond motifs is 2. The molecule has 9 heteroatoms. The van der Waals surface area contributed by atoms with Crippen molar-refractivity contribution in [1.82, 2.24) is 30.1 Å². The lowest BCUT2D eigenvalue weighted by Gasteiger charge is -2.16. The van der Waals surface area contributed by atoms with Crippen LogP contribution in [0.5, 0.6) is 0 Å². The molecular formula is C27H25N7OS. The minimum Gasteiger partial charge on any atom is -0.374 e. The van der Waals surface area contributed by atoms with Gasteiger partial charge in [0, 0.05) is 23.3 Å². The Kier molecular flexibility index (Phi) is 5.71. The highest BCUT2D eigenvalue weighted by Crippen LogP contribution is 2.33. The molecule has 0 aliphatic rings. The number of pyridine rings is 2. The van der Waals surface area contributed by atoms with E-state index in [1.54, 1.807) is 23.7 Å². The third-order valence-corrected chi connectivity index (χ3v) is 6.92. The Morgan fingerprint density at radius 1 is 1.03 bits per heavy atom. The van der Waals surface area contributed by atoms with Gasteiger partial charge in [-0.1, -0.05) is 26.0 Å².